The Morgan fingerprint density at radius 2 is 1.08 bits per heavy atom. The topological polar surface area (TPSA) is 545 Å². The molecular weight excluding hydrogens is 1430 g/mol. The summed E-state index contributed by atoms with van der Waals surface area (Å²) in [6, 6.07) is 7.25. The predicted molar refractivity (Wildman–Crippen MR) is 389 cm³/mol. The number of halogens is 1. The van der Waals surface area contributed by atoms with E-state index in [1.54, 1.807) is 12.1 Å². The number of urea groups is 1. The second kappa shape index (κ2) is 42.2. The molecule has 2 saturated heterocycles. The molecule has 2 fully saturated rings. The zero-order valence-corrected chi connectivity index (χ0v) is 59.9. The molecule has 0 bridgehead atoms. The number of phenols is 2. The van der Waals surface area contributed by atoms with Gasteiger partial charge in [0.05, 0.1) is 13.1 Å². The maximum atomic E-state index is 15.3. The van der Waals surface area contributed by atoms with E-state index >= 15 is 14.4 Å². The molecule has 4 aromatic rings. The number of rotatable bonds is 29. The molecule has 0 saturated carbocycles. The van der Waals surface area contributed by atoms with Crippen LogP contribution >= 0.6 is 33.2 Å². The van der Waals surface area contributed by atoms with E-state index in [-0.39, 0.29) is 108 Å². The highest BCUT2D eigenvalue weighted by Crippen LogP contribution is 2.25. The number of aromatic hydroxyl groups is 2. The van der Waals surface area contributed by atoms with E-state index in [4.69, 9.17) is 34.5 Å². The first kappa shape index (κ1) is 84.1. The highest BCUT2D eigenvalue weighted by Gasteiger charge is 2.38. The number of phenolic OH excluding ortho intramolecular Hbond substituents is 2. The molecule has 2 heterocycles. The van der Waals surface area contributed by atoms with Gasteiger partial charge in [-0.3, -0.25) is 72.2 Å². The van der Waals surface area contributed by atoms with Gasteiger partial charge >= 0.3 is 23.9 Å². The van der Waals surface area contributed by atoms with Gasteiger partial charge in [0.25, 0.3) is 0 Å². The highest BCUT2D eigenvalue weighted by atomic mass is 35.5. The first-order valence-electron chi connectivity index (χ1n) is 33.7. The third kappa shape index (κ3) is 29.0. The van der Waals surface area contributed by atoms with E-state index in [1.165, 1.54) is 107 Å². The summed E-state index contributed by atoms with van der Waals surface area (Å²) in [4.78, 5) is 185. The number of anilines is 1. The second-order valence-electron chi connectivity index (χ2n) is 25.3. The molecule has 37 heteroatoms. The van der Waals surface area contributed by atoms with Gasteiger partial charge in [-0.15, -0.1) is 0 Å². The second-order valence-corrected chi connectivity index (χ2v) is 28.3. The number of aliphatic carboxylic acids is 3. The molecule has 6 rings (SSSR count). The van der Waals surface area contributed by atoms with Crippen LogP contribution < -0.4 is 70.8 Å². The van der Waals surface area contributed by atoms with Gasteiger partial charge in [-0.2, -0.15) is 0 Å². The standard InChI is InChI=1S/C68H91ClN16O18S2/c1-38(71)58-66(100)81-53(64(98)77-48(59(72)93)30-41-9-17-45(86)18-10-41)37-105-104-36-52(80-61(95)49(31-39-5-13-43(69)14-6-39)75-55(88)22-21-54(67(101)102)85-28-26-83(34-56(89)90)24-25-84(27-29-85)35-57(91)92)65(99)79-51(33-42-11-19-46(87)20-12-42)63(97)78-50(32-40-7-15-44(16-8-40)74-68(73)103)62(96)76-47(60(94)82-58)4-2-3-23-70/h5-20,38,47-54,58,86-87H,2-4,21-37,70-71H2,1H3,(H2,72,93)(H,75,88)(H,76,96)(H,77,98)(H,78,97)(H,79,99)(H,80,95)(H,81,100)(H,82,94)(H,89,90)(H,91,92)(H,101,102)(H3,73,74,103)/t38-,47+,48-,49-,50-,51+,52+,53+,54-,58+/m1/s1. The summed E-state index contributed by atoms with van der Waals surface area (Å²) in [7, 11) is 1.73. The average Bonchev–Trinajstić information content (AvgIpc) is 1.56. The average molecular weight is 1520 g/mol. The van der Waals surface area contributed by atoms with Crippen molar-refractivity contribution < 1.29 is 87.9 Å². The fraction of sp³-hybridized carbons (Fsp3) is 0.456. The summed E-state index contributed by atoms with van der Waals surface area (Å²) >= 11 is 6.26. The Morgan fingerprint density at radius 3 is 1.59 bits per heavy atom. The van der Waals surface area contributed by atoms with E-state index in [0.717, 1.165) is 21.6 Å². The van der Waals surface area contributed by atoms with E-state index in [9.17, 15) is 73.5 Å². The molecule has 2 aliphatic rings. The number of nitrogens with one attached hydrogen (secondary N) is 9. The van der Waals surface area contributed by atoms with Crippen LogP contribution in [0.1, 0.15) is 61.3 Å². The van der Waals surface area contributed by atoms with Gasteiger partial charge in [-0.05, 0) is 110 Å². The van der Waals surface area contributed by atoms with Gasteiger partial charge in [0.2, 0.25) is 53.2 Å². The van der Waals surface area contributed by atoms with Gasteiger partial charge in [0.1, 0.15) is 65.9 Å². The summed E-state index contributed by atoms with van der Waals surface area (Å²) in [6.45, 7) is 1.23. The van der Waals surface area contributed by atoms with Crippen molar-refractivity contribution in [2.45, 2.75) is 125 Å². The Labute approximate surface area is 617 Å². The van der Waals surface area contributed by atoms with Crippen molar-refractivity contribution in [1.29, 1.82) is 0 Å². The number of nitrogens with two attached hydrogens (primary N) is 4. The van der Waals surface area contributed by atoms with Crippen molar-refractivity contribution in [2.24, 2.45) is 22.9 Å². The Kier molecular flexibility index (Phi) is 33.8. The lowest BCUT2D eigenvalue weighted by atomic mass is 10.0. The molecule has 22 N–H and O–H groups in total. The maximum absolute atomic E-state index is 15.3. The first-order valence-corrected chi connectivity index (χ1v) is 36.5. The van der Waals surface area contributed by atoms with Gasteiger partial charge < -0.3 is 96.3 Å². The maximum Gasteiger partial charge on any atom is 0.320 e. The van der Waals surface area contributed by atoms with Gasteiger partial charge in [0.15, 0.2) is 0 Å². The summed E-state index contributed by atoms with van der Waals surface area (Å²) < 4.78 is 0. The summed E-state index contributed by atoms with van der Waals surface area (Å²) in [5, 5.41) is 74.1. The van der Waals surface area contributed by atoms with Crippen LogP contribution in [0.15, 0.2) is 97.1 Å². The van der Waals surface area contributed by atoms with Crippen molar-refractivity contribution in [3.63, 3.8) is 0 Å². The molecule has 105 heavy (non-hydrogen) atoms. The molecule has 10 atom stereocenters. The van der Waals surface area contributed by atoms with Crippen molar-refractivity contribution in [2.75, 3.05) is 75.7 Å². The Morgan fingerprint density at radius 1 is 0.590 bits per heavy atom. The minimum absolute atomic E-state index is 0.0131. The lowest BCUT2D eigenvalue weighted by Crippen LogP contribution is -2.63. The van der Waals surface area contributed by atoms with Crippen molar-refractivity contribution in [1.82, 2.24) is 57.2 Å². The van der Waals surface area contributed by atoms with Gasteiger partial charge in [-0.1, -0.05) is 81.7 Å². The fourth-order valence-corrected chi connectivity index (χ4v) is 13.8. The Bertz CT molecular complexity index is 3640. The van der Waals surface area contributed by atoms with E-state index < -0.39 is 169 Å². The summed E-state index contributed by atoms with van der Waals surface area (Å²) in [5.74, 6) is -13.5. The zero-order valence-electron chi connectivity index (χ0n) is 57.5. The van der Waals surface area contributed by atoms with Crippen LogP contribution in [0.4, 0.5) is 10.5 Å². The third-order valence-electron chi connectivity index (χ3n) is 17.1. The lowest BCUT2D eigenvalue weighted by Gasteiger charge is -2.30. The fourth-order valence-electron chi connectivity index (χ4n) is 11.4. The summed E-state index contributed by atoms with van der Waals surface area (Å²) in [6.07, 6.45) is -1.47. The number of carbonyl (C=O) groups is 13. The third-order valence-corrected chi connectivity index (χ3v) is 19.8. The number of amides is 11. The number of hydrogen-bond donors (Lipinski definition) is 18. The molecule has 0 aliphatic carbocycles. The molecule has 4 aromatic carbocycles. The lowest BCUT2D eigenvalue weighted by molar-refractivity contribution is -0.145. The molecule has 0 aromatic heterocycles. The first-order chi connectivity index (χ1) is 49.9. The predicted octanol–water partition coefficient (Wildman–Crippen LogP) is -1.93. The molecule has 34 nitrogen and oxygen atoms in total. The quantitative estimate of drug-likeness (QED) is 0.0208. The monoisotopic (exact) mass is 1520 g/mol. The van der Waals surface area contributed by atoms with E-state index in [1.807, 2.05) is 0 Å². The van der Waals surface area contributed by atoms with Crippen LogP contribution in [0.5, 0.6) is 11.5 Å². The minimum Gasteiger partial charge on any atom is -0.508 e. The Hall–Kier alpha value is -9.82. The molecule has 2 aliphatic heterocycles. The molecule has 0 radical (unpaired) electrons. The van der Waals surface area contributed by atoms with Crippen LogP contribution in [-0.4, -0.2) is 248 Å². The van der Waals surface area contributed by atoms with E-state index in [2.05, 4.69) is 47.9 Å². The zero-order chi connectivity index (χ0) is 76.9. The van der Waals surface area contributed by atoms with Crippen LogP contribution in [0.25, 0.3) is 0 Å². The molecule has 0 spiro atoms. The van der Waals surface area contributed by atoms with Crippen molar-refractivity contribution >= 4 is 116 Å². The van der Waals surface area contributed by atoms with Crippen LogP contribution in [0, 0.1) is 0 Å². The van der Waals surface area contributed by atoms with Crippen LogP contribution in [0.3, 0.4) is 0 Å². The highest BCUT2D eigenvalue weighted by molar-refractivity contribution is 8.76. The Balaban J connectivity index is 1.42. The molecule has 0 unspecified atom stereocenters. The van der Waals surface area contributed by atoms with Gasteiger partial charge in [-0.25, -0.2) is 4.79 Å². The number of nitrogens with zero attached hydrogens (tertiary/aromatic N) is 3. The number of hydrogen-bond acceptors (Lipinski definition) is 22. The van der Waals surface area contributed by atoms with Crippen molar-refractivity contribution in [3.05, 3.63) is 124 Å². The van der Waals surface area contributed by atoms with Gasteiger partial charge in [0, 0.05) is 99.6 Å². The van der Waals surface area contributed by atoms with E-state index in [0.29, 0.717) is 33.7 Å². The number of unbranched alkanes of at least 4 members (excludes halogenated alkanes) is 1. The number of carboxylic acids is 3. The number of carbonyl (C=O) groups excluding carboxylic acids is 10. The number of carboxylic acid groups (broad SMARTS) is 3. The smallest absolute Gasteiger partial charge is 0.320 e. The molecule has 570 valence electrons. The molecule has 11 amide bonds. The number of benzene rings is 4. The largest absolute Gasteiger partial charge is 0.508 e. The normalized spacial score (nSPS) is 20.7. The number of primary amides is 2. The van der Waals surface area contributed by atoms with Crippen LogP contribution in [-0.2, 0) is 83.2 Å². The minimum atomic E-state index is -1.71. The van der Waals surface area contributed by atoms with Crippen LogP contribution in [0.2, 0.25) is 5.02 Å². The SMILES string of the molecule is C[C@@H](N)[C@@H]1NC(=O)[C@H](CCCCN)NC(=O)[C@@H](Cc2ccc(NC(N)=O)cc2)NC(=O)[C@H](Cc2ccc(O)cc2)NC(=O)[C@@H](NC(=O)[C@@H](Cc2ccc(Cl)cc2)NC(=O)CC[C@H](C(=O)O)N2CCN(CC(=O)O)CCN(CC(=O)O)CC2)CSSC[C@@H](C(=O)N[C@H](Cc2ccc(O)cc2)C(N)=O)NC1=O. The summed E-state index contributed by atoms with van der Waals surface area (Å²) in [5.41, 5.74) is 25.3. The van der Waals surface area contributed by atoms with Crippen molar-refractivity contribution in [3.8, 4) is 11.5 Å². The molecular formula is C68H91ClN16O18S2.